The van der Waals surface area contributed by atoms with Gasteiger partial charge in [0.15, 0.2) is 6.39 Å². The van der Waals surface area contributed by atoms with Crippen LogP contribution in [0.25, 0.3) is 0 Å². The number of nitrogens with zero attached hydrogens (tertiary/aromatic N) is 1. The maximum Gasteiger partial charge on any atom is 0.180 e. The molecule has 3 aromatic rings. The molecular weight excluding hydrogens is 252 g/mol. The van der Waals surface area contributed by atoms with Gasteiger partial charge in [-0.1, -0.05) is 18.2 Å². The molecule has 4 nitrogen and oxygen atoms in total. The second-order valence-corrected chi connectivity index (χ2v) is 4.26. The summed E-state index contributed by atoms with van der Waals surface area (Å²) in [6.07, 6.45) is 3.12. The van der Waals surface area contributed by atoms with Gasteiger partial charge >= 0.3 is 0 Å². The average Bonchev–Trinajstić information content (AvgIpc) is 3.01. The Morgan fingerprint density at radius 2 is 1.70 bits per heavy atom. The van der Waals surface area contributed by atoms with E-state index in [-0.39, 0.29) is 0 Å². The minimum atomic E-state index is 0.610. The highest BCUT2D eigenvalue weighted by molar-refractivity contribution is 5.47. The highest BCUT2D eigenvalue weighted by Crippen LogP contribution is 2.22. The smallest absolute Gasteiger partial charge is 0.180 e. The molecule has 1 N–H and O–H groups in total. The number of aromatic nitrogens is 1. The van der Waals surface area contributed by atoms with Crippen molar-refractivity contribution in [1.29, 1.82) is 0 Å². The van der Waals surface area contributed by atoms with Gasteiger partial charge in [0.2, 0.25) is 0 Å². The fourth-order valence-electron chi connectivity index (χ4n) is 1.78. The summed E-state index contributed by atoms with van der Waals surface area (Å²) in [6.45, 7) is 0.610. The summed E-state index contributed by atoms with van der Waals surface area (Å²) in [7, 11) is 0. The van der Waals surface area contributed by atoms with Crippen LogP contribution >= 0.6 is 0 Å². The van der Waals surface area contributed by atoms with Gasteiger partial charge in [0.25, 0.3) is 0 Å². The lowest BCUT2D eigenvalue weighted by atomic mass is 10.3. The van der Waals surface area contributed by atoms with Crippen LogP contribution in [0.2, 0.25) is 0 Å². The maximum atomic E-state index is 5.73. The molecule has 0 aliphatic rings. The minimum absolute atomic E-state index is 0.610. The number of para-hydroxylation sites is 1. The number of hydrogen-bond donors (Lipinski definition) is 1. The van der Waals surface area contributed by atoms with Gasteiger partial charge in [-0.3, -0.25) is 0 Å². The number of benzene rings is 2. The molecule has 1 aromatic heterocycles. The van der Waals surface area contributed by atoms with E-state index in [2.05, 4.69) is 10.3 Å². The van der Waals surface area contributed by atoms with Gasteiger partial charge < -0.3 is 14.5 Å². The van der Waals surface area contributed by atoms with E-state index < -0.39 is 0 Å². The summed E-state index contributed by atoms with van der Waals surface area (Å²) in [5.74, 6) is 2.44. The third kappa shape index (κ3) is 3.17. The number of anilines is 1. The number of oxazole rings is 1. The fraction of sp³-hybridized carbons (Fsp3) is 0.0625. The van der Waals surface area contributed by atoms with Crippen LogP contribution in [0, 0.1) is 0 Å². The summed E-state index contributed by atoms with van der Waals surface area (Å²) in [6, 6.07) is 17.5. The van der Waals surface area contributed by atoms with E-state index in [0.29, 0.717) is 6.54 Å². The van der Waals surface area contributed by atoms with Crippen molar-refractivity contribution in [3.8, 4) is 11.5 Å². The summed E-state index contributed by atoms with van der Waals surface area (Å²) in [4.78, 5) is 3.87. The quantitative estimate of drug-likeness (QED) is 0.756. The zero-order valence-corrected chi connectivity index (χ0v) is 10.8. The van der Waals surface area contributed by atoms with Crippen LogP contribution in [0.1, 0.15) is 5.76 Å². The lowest BCUT2D eigenvalue weighted by Gasteiger charge is -2.07. The molecule has 0 aliphatic carbocycles. The maximum absolute atomic E-state index is 5.73. The monoisotopic (exact) mass is 266 g/mol. The first kappa shape index (κ1) is 12.3. The molecule has 0 spiro atoms. The first-order chi connectivity index (χ1) is 9.90. The van der Waals surface area contributed by atoms with Crippen LogP contribution in [-0.2, 0) is 6.54 Å². The van der Waals surface area contributed by atoms with E-state index >= 15 is 0 Å². The average molecular weight is 266 g/mol. The zero-order valence-electron chi connectivity index (χ0n) is 10.8. The SMILES string of the molecule is c1ccc(Oc2ccc(NCc3cnco3)cc2)cc1. The lowest BCUT2D eigenvalue weighted by molar-refractivity contribution is 0.483. The third-order valence-corrected chi connectivity index (χ3v) is 2.78. The van der Waals surface area contributed by atoms with Gasteiger partial charge in [0.05, 0.1) is 12.7 Å². The van der Waals surface area contributed by atoms with Gasteiger partial charge in [0, 0.05) is 5.69 Å². The van der Waals surface area contributed by atoms with Crippen molar-refractivity contribution in [1.82, 2.24) is 4.98 Å². The van der Waals surface area contributed by atoms with Crippen LogP contribution in [0.15, 0.2) is 71.6 Å². The van der Waals surface area contributed by atoms with Crippen LogP contribution in [0.4, 0.5) is 5.69 Å². The normalized spacial score (nSPS) is 10.2. The van der Waals surface area contributed by atoms with Crippen molar-refractivity contribution in [3.63, 3.8) is 0 Å². The Morgan fingerprint density at radius 1 is 0.950 bits per heavy atom. The van der Waals surface area contributed by atoms with Crippen LogP contribution in [0.3, 0.4) is 0 Å². The lowest BCUT2D eigenvalue weighted by Crippen LogP contribution is -1.97. The molecule has 2 aromatic carbocycles. The van der Waals surface area contributed by atoms with E-state index in [0.717, 1.165) is 22.9 Å². The summed E-state index contributed by atoms with van der Waals surface area (Å²) in [5, 5.41) is 3.25. The van der Waals surface area contributed by atoms with Gasteiger partial charge in [0.1, 0.15) is 17.3 Å². The van der Waals surface area contributed by atoms with Crippen molar-refractivity contribution in [3.05, 3.63) is 72.9 Å². The van der Waals surface area contributed by atoms with Gasteiger partial charge in [-0.2, -0.15) is 0 Å². The van der Waals surface area contributed by atoms with E-state index in [1.165, 1.54) is 6.39 Å². The molecule has 100 valence electrons. The summed E-state index contributed by atoms with van der Waals surface area (Å²) in [5.41, 5.74) is 1.00. The van der Waals surface area contributed by atoms with E-state index in [9.17, 15) is 0 Å². The zero-order chi connectivity index (χ0) is 13.6. The molecule has 0 atom stereocenters. The highest BCUT2D eigenvalue weighted by atomic mass is 16.5. The summed E-state index contributed by atoms with van der Waals surface area (Å²) < 4.78 is 10.9. The van der Waals surface area contributed by atoms with Crippen LogP contribution < -0.4 is 10.1 Å². The van der Waals surface area contributed by atoms with E-state index in [1.807, 2.05) is 54.6 Å². The number of nitrogens with one attached hydrogen (secondary N) is 1. The Bertz CT molecular complexity index is 634. The van der Waals surface area contributed by atoms with Crippen LogP contribution in [-0.4, -0.2) is 4.98 Å². The Labute approximate surface area is 117 Å². The first-order valence-corrected chi connectivity index (χ1v) is 6.34. The number of ether oxygens (including phenoxy) is 1. The van der Waals surface area contributed by atoms with Crippen molar-refractivity contribution >= 4 is 5.69 Å². The molecular formula is C16H14N2O2. The van der Waals surface area contributed by atoms with Crippen LogP contribution in [0.5, 0.6) is 11.5 Å². The Kier molecular flexibility index (Phi) is 3.64. The molecule has 4 heteroatoms. The molecule has 0 saturated heterocycles. The van der Waals surface area contributed by atoms with E-state index in [1.54, 1.807) is 6.20 Å². The standard InChI is InChI=1S/C16H14N2O2/c1-2-4-14(5-3-1)20-15-8-6-13(7-9-15)18-11-16-10-17-12-19-16/h1-10,12,18H,11H2. The van der Waals surface area contributed by atoms with Crippen molar-refractivity contribution < 1.29 is 9.15 Å². The molecule has 0 amide bonds. The van der Waals surface area contributed by atoms with Crippen molar-refractivity contribution in [2.75, 3.05) is 5.32 Å². The molecule has 0 radical (unpaired) electrons. The van der Waals surface area contributed by atoms with Crippen molar-refractivity contribution in [2.24, 2.45) is 0 Å². The number of rotatable bonds is 5. The molecule has 0 fully saturated rings. The topological polar surface area (TPSA) is 47.3 Å². The predicted octanol–water partition coefficient (Wildman–Crippen LogP) is 4.08. The van der Waals surface area contributed by atoms with Gasteiger partial charge in [-0.25, -0.2) is 4.98 Å². The van der Waals surface area contributed by atoms with E-state index in [4.69, 9.17) is 9.15 Å². The first-order valence-electron chi connectivity index (χ1n) is 6.34. The Hall–Kier alpha value is -2.75. The molecule has 3 rings (SSSR count). The molecule has 0 saturated carbocycles. The number of hydrogen-bond acceptors (Lipinski definition) is 4. The molecule has 1 heterocycles. The Balaban J connectivity index is 1.60. The van der Waals surface area contributed by atoms with Crippen molar-refractivity contribution in [2.45, 2.75) is 6.54 Å². The molecule has 0 bridgehead atoms. The second kappa shape index (κ2) is 5.93. The minimum Gasteiger partial charge on any atom is -0.457 e. The Morgan fingerprint density at radius 3 is 2.40 bits per heavy atom. The molecule has 0 unspecified atom stereocenters. The molecule has 0 aliphatic heterocycles. The van der Waals surface area contributed by atoms with Gasteiger partial charge in [-0.15, -0.1) is 0 Å². The second-order valence-electron chi connectivity index (χ2n) is 4.26. The molecule has 20 heavy (non-hydrogen) atoms. The largest absolute Gasteiger partial charge is 0.457 e. The fourth-order valence-corrected chi connectivity index (χ4v) is 1.78. The highest BCUT2D eigenvalue weighted by Gasteiger charge is 1.99. The third-order valence-electron chi connectivity index (χ3n) is 2.78. The van der Waals surface area contributed by atoms with Gasteiger partial charge in [-0.05, 0) is 36.4 Å². The summed E-state index contributed by atoms with van der Waals surface area (Å²) >= 11 is 0. The predicted molar refractivity (Wildman–Crippen MR) is 76.8 cm³/mol.